The molecule has 11 heteroatoms. The van der Waals surface area contributed by atoms with Gasteiger partial charge in [-0.3, -0.25) is 4.57 Å². The zero-order valence-electron chi connectivity index (χ0n) is 17.0. The first-order valence-electron chi connectivity index (χ1n) is 9.55. The maximum Gasteiger partial charge on any atom is 0.337 e. The summed E-state index contributed by atoms with van der Waals surface area (Å²) in [6.07, 6.45) is -7.57. The van der Waals surface area contributed by atoms with Crippen LogP contribution in [0.2, 0.25) is 0 Å². The number of rotatable bonds is 8. The van der Waals surface area contributed by atoms with Gasteiger partial charge in [0.25, 0.3) is 0 Å². The Morgan fingerprint density at radius 3 is 2.40 bits per heavy atom. The molecule has 0 radical (unpaired) electrons. The van der Waals surface area contributed by atoms with Crippen molar-refractivity contribution in [2.75, 3.05) is 13.3 Å². The van der Waals surface area contributed by atoms with Gasteiger partial charge in [0.05, 0.1) is 24.9 Å². The number of hydrogen-bond donors (Lipinski definition) is 5. The Kier molecular flexibility index (Phi) is 8.41. The number of esters is 1. The summed E-state index contributed by atoms with van der Waals surface area (Å²) in [5.41, 5.74) is 0.969. The molecule has 1 aliphatic rings. The van der Waals surface area contributed by atoms with Crippen LogP contribution in [0, 0.1) is 5.92 Å². The normalized spacial score (nSPS) is 27.2. The Morgan fingerprint density at radius 2 is 1.83 bits per heavy atom. The average Bonchev–Trinajstić information content (AvgIpc) is 2.66. The van der Waals surface area contributed by atoms with Crippen LogP contribution in [0.1, 0.15) is 36.2 Å². The lowest BCUT2D eigenvalue weighted by molar-refractivity contribution is -0.272. The van der Waals surface area contributed by atoms with E-state index in [-0.39, 0.29) is 12.3 Å². The molecule has 0 aromatic heterocycles. The Hall–Kier alpha value is -1.52. The van der Waals surface area contributed by atoms with E-state index >= 15 is 0 Å². The summed E-state index contributed by atoms with van der Waals surface area (Å²) in [7, 11) is -3.07. The average molecular weight is 448 g/mol. The number of benzene rings is 1. The number of carbonyl (C=O) groups is 1. The van der Waals surface area contributed by atoms with Gasteiger partial charge in [0.15, 0.2) is 0 Å². The van der Waals surface area contributed by atoms with E-state index in [1.54, 1.807) is 6.07 Å². The summed E-state index contributed by atoms with van der Waals surface area (Å²) in [4.78, 5) is 29.9. The van der Waals surface area contributed by atoms with E-state index in [9.17, 15) is 24.7 Å². The second-order valence-electron chi connectivity index (χ2n) is 7.72. The first-order chi connectivity index (χ1) is 13.9. The molecule has 1 aromatic carbocycles. The van der Waals surface area contributed by atoms with Gasteiger partial charge < -0.3 is 39.3 Å². The van der Waals surface area contributed by atoms with Gasteiger partial charge in [-0.05, 0) is 42.5 Å². The van der Waals surface area contributed by atoms with Crippen LogP contribution in [0.5, 0.6) is 5.75 Å². The highest BCUT2D eigenvalue weighted by Gasteiger charge is 2.45. The third kappa shape index (κ3) is 6.49. The van der Waals surface area contributed by atoms with Crippen LogP contribution in [0.3, 0.4) is 0 Å². The molecule has 1 heterocycles. The quantitative estimate of drug-likeness (QED) is 0.278. The molecule has 1 aliphatic heterocycles. The van der Waals surface area contributed by atoms with Crippen molar-refractivity contribution >= 4 is 13.6 Å². The van der Waals surface area contributed by atoms with E-state index in [4.69, 9.17) is 24.0 Å². The van der Waals surface area contributed by atoms with E-state index in [0.717, 1.165) is 0 Å². The Bertz CT molecular complexity index is 777. The molecule has 0 amide bonds. The van der Waals surface area contributed by atoms with Crippen LogP contribution in [-0.4, -0.2) is 75.1 Å². The van der Waals surface area contributed by atoms with Gasteiger partial charge in [0, 0.05) is 0 Å². The molecule has 10 nitrogen and oxygen atoms in total. The van der Waals surface area contributed by atoms with E-state index in [0.29, 0.717) is 23.3 Å². The zero-order chi connectivity index (χ0) is 22.6. The summed E-state index contributed by atoms with van der Waals surface area (Å²) in [5, 5.41) is 30.5. The number of methoxy groups -OCH3 is 1. The maximum atomic E-state index is 11.8. The topological polar surface area (TPSA) is 163 Å². The van der Waals surface area contributed by atoms with Gasteiger partial charge in [-0.15, -0.1) is 0 Å². The fourth-order valence-electron chi connectivity index (χ4n) is 3.21. The fourth-order valence-corrected chi connectivity index (χ4v) is 3.80. The van der Waals surface area contributed by atoms with Crippen molar-refractivity contribution in [2.45, 2.75) is 57.4 Å². The molecule has 170 valence electrons. The van der Waals surface area contributed by atoms with Crippen LogP contribution in [-0.2, 0) is 20.5 Å². The molecule has 2 rings (SSSR count). The maximum absolute atomic E-state index is 11.8. The largest absolute Gasteiger partial charge is 0.465 e. The highest BCUT2D eigenvalue weighted by Crippen LogP contribution is 2.37. The minimum atomic E-state index is -4.34. The monoisotopic (exact) mass is 448 g/mol. The lowest BCUT2D eigenvalue weighted by atomic mass is 9.97. The molecule has 30 heavy (non-hydrogen) atoms. The number of hydrogen-bond acceptors (Lipinski definition) is 8. The molecule has 1 aromatic rings. The Morgan fingerprint density at radius 1 is 1.17 bits per heavy atom. The molecule has 0 saturated carbocycles. The van der Waals surface area contributed by atoms with Crippen molar-refractivity contribution in [3.63, 3.8) is 0 Å². The first kappa shape index (κ1) is 24.7. The van der Waals surface area contributed by atoms with Crippen LogP contribution in [0.15, 0.2) is 18.2 Å². The predicted molar refractivity (Wildman–Crippen MR) is 105 cm³/mol. The minimum absolute atomic E-state index is 0.209. The Labute approximate surface area is 174 Å². The lowest BCUT2D eigenvalue weighted by Crippen LogP contribution is -2.59. The second kappa shape index (κ2) is 10.2. The molecular weight excluding hydrogens is 419 g/mol. The van der Waals surface area contributed by atoms with Gasteiger partial charge >= 0.3 is 13.6 Å². The number of aliphatic hydroxyl groups excluding tert-OH is 3. The summed E-state index contributed by atoms with van der Waals surface area (Å²) in [5.74, 6) is -0.00450. The van der Waals surface area contributed by atoms with Crippen LogP contribution in [0.4, 0.5) is 0 Å². The van der Waals surface area contributed by atoms with Crippen LogP contribution in [0.25, 0.3) is 0 Å². The van der Waals surface area contributed by atoms with E-state index in [2.05, 4.69) is 0 Å². The molecular formula is C19H29O10P. The molecule has 5 N–H and O–H groups in total. The smallest absolute Gasteiger partial charge is 0.337 e. The number of ether oxygens (including phenoxy) is 3. The van der Waals surface area contributed by atoms with Crippen molar-refractivity contribution in [3.05, 3.63) is 29.3 Å². The molecule has 0 bridgehead atoms. The molecule has 0 aliphatic carbocycles. The van der Waals surface area contributed by atoms with E-state index in [1.807, 2.05) is 13.8 Å². The number of carbonyl (C=O) groups excluding carboxylic acids is 1. The van der Waals surface area contributed by atoms with Gasteiger partial charge in [-0.2, -0.15) is 0 Å². The van der Waals surface area contributed by atoms with Crippen molar-refractivity contribution in [1.82, 2.24) is 0 Å². The summed E-state index contributed by atoms with van der Waals surface area (Å²) < 4.78 is 27.1. The summed E-state index contributed by atoms with van der Waals surface area (Å²) in [6.45, 7) is 3.94. The van der Waals surface area contributed by atoms with Gasteiger partial charge in [-0.1, -0.05) is 13.8 Å². The first-order valence-corrected chi connectivity index (χ1v) is 11.3. The van der Waals surface area contributed by atoms with Gasteiger partial charge in [0.2, 0.25) is 6.29 Å². The highest BCUT2D eigenvalue weighted by molar-refractivity contribution is 7.51. The SMILES string of the molecule is COC(=O)c1ccc(O[C@H]2O[C@H](CCP(=O)(O)O)[C@@H](O)[C@H](O)[C@@H]2O)c(CC(C)C)c1. The second-order valence-corrected chi connectivity index (χ2v) is 9.50. The van der Waals surface area contributed by atoms with E-state index < -0.39 is 50.4 Å². The standard InChI is InChI=1S/C19H29O10P/c1-10(2)8-12-9-11(18(23)27-3)4-5-13(12)28-19-17(22)16(21)15(20)14(29-19)6-7-30(24,25)26/h4-5,9-10,14-17,19-22H,6-8H2,1-3H3,(H2,24,25,26)/t14-,15-,16+,17+,19+/m1/s1. The zero-order valence-corrected chi connectivity index (χ0v) is 17.9. The third-order valence-electron chi connectivity index (χ3n) is 4.73. The summed E-state index contributed by atoms with van der Waals surface area (Å²) >= 11 is 0. The van der Waals surface area contributed by atoms with Crippen molar-refractivity contribution in [3.8, 4) is 5.75 Å². The van der Waals surface area contributed by atoms with E-state index in [1.165, 1.54) is 19.2 Å². The van der Waals surface area contributed by atoms with Crippen molar-refractivity contribution in [1.29, 1.82) is 0 Å². The van der Waals surface area contributed by atoms with Crippen LogP contribution < -0.4 is 4.74 Å². The van der Waals surface area contributed by atoms with Gasteiger partial charge in [0.1, 0.15) is 24.1 Å². The van der Waals surface area contributed by atoms with Crippen molar-refractivity contribution in [2.24, 2.45) is 5.92 Å². The fraction of sp³-hybridized carbons (Fsp3) is 0.632. The number of aliphatic hydroxyl groups is 3. The third-order valence-corrected chi connectivity index (χ3v) is 5.57. The predicted octanol–water partition coefficient (Wildman–Crippen LogP) is 0.426. The molecule has 5 atom stereocenters. The molecule has 1 saturated heterocycles. The Balaban J connectivity index is 2.25. The van der Waals surface area contributed by atoms with Crippen molar-refractivity contribution < 1.29 is 48.7 Å². The molecule has 1 fully saturated rings. The highest BCUT2D eigenvalue weighted by atomic mass is 31.2. The summed E-state index contributed by atoms with van der Waals surface area (Å²) in [6, 6.07) is 4.60. The van der Waals surface area contributed by atoms with Gasteiger partial charge in [-0.25, -0.2) is 4.79 Å². The molecule has 0 spiro atoms. The van der Waals surface area contributed by atoms with Crippen LogP contribution >= 0.6 is 7.60 Å². The minimum Gasteiger partial charge on any atom is -0.465 e. The molecule has 0 unspecified atom stereocenters. The lowest BCUT2D eigenvalue weighted by Gasteiger charge is -2.40.